The molecule has 31 heavy (non-hydrogen) atoms. The van der Waals surface area contributed by atoms with Gasteiger partial charge in [-0.2, -0.15) is 18.3 Å². The molecule has 156 valence electrons. The second-order valence-corrected chi connectivity index (χ2v) is 6.96. The molecule has 0 fully saturated rings. The summed E-state index contributed by atoms with van der Waals surface area (Å²) < 4.78 is 38.4. The largest absolute Gasteiger partial charge is 0.416 e. The number of benzene rings is 4. The molecular weight excluding hydrogens is 403 g/mol. The monoisotopic (exact) mass is 421 g/mol. The van der Waals surface area contributed by atoms with E-state index in [1.807, 2.05) is 48.5 Å². The van der Waals surface area contributed by atoms with Gasteiger partial charge < -0.3 is 5.32 Å². The Morgan fingerprint density at radius 1 is 0.871 bits per heavy atom. The Morgan fingerprint density at radius 3 is 2.16 bits per heavy atom. The van der Waals surface area contributed by atoms with Crippen LogP contribution in [-0.4, -0.2) is 18.7 Å². The molecule has 0 saturated carbocycles. The fraction of sp³-hybridized carbons (Fsp3) is 0.0833. The summed E-state index contributed by atoms with van der Waals surface area (Å²) in [5, 5.41) is 10.9. The van der Waals surface area contributed by atoms with Crippen molar-refractivity contribution < 1.29 is 18.0 Å². The van der Waals surface area contributed by atoms with Crippen LogP contribution in [0.15, 0.2) is 84.0 Å². The number of fused-ring (bicyclic) bond motifs is 2. The Hall–Kier alpha value is -3.87. The number of carbonyl (C=O) groups excluding carboxylic acids is 1. The van der Waals surface area contributed by atoms with Crippen LogP contribution in [-0.2, 0) is 11.0 Å². The van der Waals surface area contributed by atoms with E-state index in [-0.39, 0.29) is 12.2 Å². The molecule has 4 aromatic carbocycles. The van der Waals surface area contributed by atoms with Crippen molar-refractivity contribution in [3.8, 4) is 0 Å². The van der Waals surface area contributed by atoms with Crippen molar-refractivity contribution in [3.63, 3.8) is 0 Å². The number of hydrogen-bond acceptors (Lipinski definition) is 3. The van der Waals surface area contributed by atoms with Gasteiger partial charge in [0.05, 0.1) is 18.3 Å². The molecule has 7 heteroatoms. The first-order valence-corrected chi connectivity index (χ1v) is 9.55. The van der Waals surface area contributed by atoms with Crippen molar-refractivity contribution in [2.24, 2.45) is 5.10 Å². The first kappa shape index (κ1) is 20.4. The lowest BCUT2D eigenvalue weighted by molar-refractivity contribution is -0.137. The zero-order valence-electron chi connectivity index (χ0n) is 16.3. The molecule has 0 bridgehead atoms. The van der Waals surface area contributed by atoms with Crippen LogP contribution in [0.2, 0.25) is 0 Å². The number of nitrogens with one attached hydrogen (secondary N) is 2. The number of halogens is 3. The minimum Gasteiger partial charge on any atom is -0.376 e. The Balaban J connectivity index is 1.48. The van der Waals surface area contributed by atoms with Crippen molar-refractivity contribution in [2.45, 2.75) is 6.18 Å². The van der Waals surface area contributed by atoms with Crippen molar-refractivity contribution in [3.05, 3.63) is 90.0 Å². The van der Waals surface area contributed by atoms with Crippen LogP contribution in [0, 0.1) is 0 Å². The van der Waals surface area contributed by atoms with Crippen LogP contribution < -0.4 is 10.7 Å². The summed E-state index contributed by atoms with van der Waals surface area (Å²) in [6.07, 6.45) is -2.85. The average molecular weight is 421 g/mol. The molecule has 0 aliphatic rings. The van der Waals surface area contributed by atoms with Crippen LogP contribution in [0.25, 0.3) is 21.5 Å². The predicted molar refractivity (Wildman–Crippen MR) is 117 cm³/mol. The van der Waals surface area contributed by atoms with Gasteiger partial charge in [0.15, 0.2) is 0 Å². The van der Waals surface area contributed by atoms with Gasteiger partial charge in [-0.25, -0.2) is 5.43 Å². The van der Waals surface area contributed by atoms with Gasteiger partial charge in [-0.3, -0.25) is 4.79 Å². The van der Waals surface area contributed by atoms with Gasteiger partial charge in [0.1, 0.15) is 0 Å². The van der Waals surface area contributed by atoms with E-state index in [9.17, 15) is 18.0 Å². The van der Waals surface area contributed by atoms with E-state index in [2.05, 4.69) is 21.9 Å². The molecule has 0 aliphatic heterocycles. The lowest BCUT2D eigenvalue weighted by Gasteiger charge is -2.10. The third kappa shape index (κ3) is 4.66. The van der Waals surface area contributed by atoms with E-state index in [1.165, 1.54) is 12.1 Å². The first-order chi connectivity index (χ1) is 14.9. The minimum atomic E-state index is -4.44. The summed E-state index contributed by atoms with van der Waals surface area (Å²) in [5.41, 5.74) is 2.72. The van der Waals surface area contributed by atoms with Crippen LogP contribution in [0.1, 0.15) is 11.1 Å². The molecule has 4 aromatic rings. The highest BCUT2D eigenvalue weighted by Crippen LogP contribution is 2.30. The van der Waals surface area contributed by atoms with Gasteiger partial charge in [-0.15, -0.1) is 0 Å². The van der Waals surface area contributed by atoms with Crippen molar-refractivity contribution >= 4 is 39.4 Å². The summed E-state index contributed by atoms with van der Waals surface area (Å²) in [7, 11) is 0. The molecule has 4 nitrogen and oxygen atoms in total. The summed E-state index contributed by atoms with van der Waals surface area (Å²) >= 11 is 0. The van der Waals surface area contributed by atoms with E-state index in [4.69, 9.17) is 0 Å². The summed E-state index contributed by atoms with van der Waals surface area (Å²) in [4.78, 5) is 12.1. The molecule has 1 amide bonds. The molecule has 0 unspecified atom stereocenters. The van der Waals surface area contributed by atoms with Crippen molar-refractivity contribution in [1.82, 2.24) is 5.43 Å². The number of nitrogens with zero attached hydrogens (tertiary/aromatic N) is 1. The van der Waals surface area contributed by atoms with Crippen LogP contribution in [0.4, 0.5) is 18.9 Å². The summed E-state index contributed by atoms with van der Waals surface area (Å²) in [6.45, 7) is -0.213. The van der Waals surface area contributed by atoms with Crippen molar-refractivity contribution in [1.29, 1.82) is 0 Å². The molecule has 2 N–H and O–H groups in total. The highest BCUT2D eigenvalue weighted by Gasteiger charge is 2.30. The lowest BCUT2D eigenvalue weighted by atomic mass is 9.97. The number of amides is 1. The number of hydrogen-bond donors (Lipinski definition) is 2. The SMILES string of the molecule is O=C(CNc1cccc(C(F)(F)F)c1)NN=Cc1c2ccccc2cc2ccccc12. The number of hydrazone groups is 1. The van der Waals surface area contributed by atoms with Gasteiger partial charge in [-0.1, -0.05) is 54.6 Å². The Morgan fingerprint density at radius 2 is 1.52 bits per heavy atom. The second-order valence-electron chi connectivity index (χ2n) is 6.96. The summed E-state index contributed by atoms with van der Waals surface area (Å²) in [5.74, 6) is -0.474. The highest BCUT2D eigenvalue weighted by atomic mass is 19.4. The molecule has 4 rings (SSSR count). The highest BCUT2D eigenvalue weighted by molar-refractivity contribution is 6.13. The third-order valence-electron chi connectivity index (χ3n) is 4.84. The van der Waals surface area contributed by atoms with Gasteiger partial charge in [0, 0.05) is 11.3 Å². The number of carbonyl (C=O) groups is 1. The molecule has 0 radical (unpaired) electrons. The maximum Gasteiger partial charge on any atom is 0.416 e. The normalized spacial score (nSPS) is 11.8. The van der Waals surface area contributed by atoms with E-state index in [0.29, 0.717) is 0 Å². The number of alkyl halides is 3. The Labute approximate surface area is 176 Å². The molecule has 0 aromatic heterocycles. The van der Waals surface area contributed by atoms with Crippen LogP contribution in [0.5, 0.6) is 0 Å². The van der Waals surface area contributed by atoms with Crippen molar-refractivity contribution in [2.75, 3.05) is 11.9 Å². The number of anilines is 1. The van der Waals surface area contributed by atoms with Gasteiger partial charge in [-0.05, 0) is 45.8 Å². The van der Waals surface area contributed by atoms with Crippen LogP contribution in [0.3, 0.4) is 0 Å². The fourth-order valence-electron chi connectivity index (χ4n) is 3.38. The quantitative estimate of drug-likeness (QED) is 0.251. The minimum absolute atomic E-state index is 0.203. The van der Waals surface area contributed by atoms with Gasteiger partial charge in [0.2, 0.25) is 0 Å². The summed E-state index contributed by atoms with van der Waals surface area (Å²) in [6, 6.07) is 22.6. The van der Waals surface area contributed by atoms with E-state index >= 15 is 0 Å². The lowest BCUT2D eigenvalue weighted by Crippen LogP contribution is -2.26. The van der Waals surface area contributed by atoms with Crippen LogP contribution >= 0.6 is 0 Å². The smallest absolute Gasteiger partial charge is 0.376 e. The molecule has 0 heterocycles. The Kier molecular flexibility index (Phi) is 5.58. The molecular formula is C24H18F3N3O. The third-order valence-corrected chi connectivity index (χ3v) is 4.84. The fourth-order valence-corrected chi connectivity index (χ4v) is 3.38. The first-order valence-electron chi connectivity index (χ1n) is 9.55. The van der Waals surface area contributed by atoms with E-state index < -0.39 is 17.6 Å². The molecule has 0 aliphatic carbocycles. The maximum absolute atomic E-state index is 12.8. The zero-order valence-corrected chi connectivity index (χ0v) is 16.3. The number of rotatable bonds is 5. The molecule has 0 saturated heterocycles. The zero-order chi connectivity index (χ0) is 21.8. The van der Waals surface area contributed by atoms with E-state index in [1.54, 1.807) is 6.21 Å². The average Bonchev–Trinajstić information content (AvgIpc) is 2.77. The predicted octanol–water partition coefficient (Wildman–Crippen LogP) is 5.57. The maximum atomic E-state index is 12.8. The standard InChI is InChI=1S/C24H18F3N3O/c25-24(26,27)18-8-5-9-19(13-18)28-15-23(31)30-29-14-22-20-10-3-1-6-16(20)12-17-7-2-4-11-21(17)22/h1-14,28H,15H2,(H,30,31). The Bertz CT molecular complexity index is 1230. The second kappa shape index (κ2) is 8.47. The molecule has 0 spiro atoms. The van der Waals surface area contributed by atoms with Gasteiger partial charge >= 0.3 is 6.18 Å². The van der Waals surface area contributed by atoms with Gasteiger partial charge in [0.25, 0.3) is 5.91 Å². The van der Waals surface area contributed by atoms with E-state index in [0.717, 1.165) is 39.2 Å². The molecule has 0 atom stereocenters. The topological polar surface area (TPSA) is 53.5 Å².